The van der Waals surface area contributed by atoms with Gasteiger partial charge in [0, 0.05) is 15.8 Å². The minimum absolute atomic E-state index is 0.00737. The van der Waals surface area contributed by atoms with Crippen molar-refractivity contribution in [1.82, 2.24) is 0 Å². The molecule has 108 valence electrons. The summed E-state index contributed by atoms with van der Waals surface area (Å²) in [5.41, 5.74) is 8.63. The summed E-state index contributed by atoms with van der Waals surface area (Å²) in [6.07, 6.45) is 0.825. The van der Waals surface area contributed by atoms with E-state index in [1.807, 2.05) is 0 Å². The van der Waals surface area contributed by atoms with E-state index in [0.29, 0.717) is 0 Å². The average Bonchev–Trinajstić information content (AvgIpc) is 2.85. The maximum absolute atomic E-state index is 6.28. The summed E-state index contributed by atoms with van der Waals surface area (Å²) in [7, 11) is 0. The monoisotopic (exact) mass is 289 g/mol. The highest BCUT2D eigenvalue weighted by atomic mass is 32.1. The van der Waals surface area contributed by atoms with Crippen molar-refractivity contribution >= 4 is 11.3 Å². The summed E-state index contributed by atoms with van der Waals surface area (Å²) >= 11 is 1.76. The van der Waals surface area contributed by atoms with Crippen LogP contribution in [0.1, 0.15) is 40.3 Å². The lowest BCUT2D eigenvalue weighted by Crippen LogP contribution is -2.31. The SMILES string of the molecule is CCC(N)C(Oc1cc(C)ccc1C)c1ccc(C)s1. The minimum atomic E-state index is -0.0702. The predicted molar refractivity (Wildman–Crippen MR) is 86.6 cm³/mol. The van der Waals surface area contributed by atoms with Gasteiger partial charge in [0.05, 0.1) is 0 Å². The smallest absolute Gasteiger partial charge is 0.148 e. The summed E-state index contributed by atoms with van der Waals surface area (Å²) in [4.78, 5) is 2.50. The Morgan fingerprint density at radius 2 is 1.90 bits per heavy atom. The maximum Gasteiger partial charge on any atom is 0.148 e. The van der Waals surface area contributed by atoms with Crippen molar-refractivity contribution in [2.24, 2.45) is 5.73 Å². The highest BCUT2D eigenvalue weighted by Gasteiger charge is 2.22. The van der Waals surface area contributed by atoms with E-state index in [0.717, 1.165) is 17.7 Å². The fraction of sp³-hybridized carbons (Fsp3) is 0.412. The van der Waals surface area contributed by atoms with Crippen molar-refractivity contribution in [2.45, 2.75) is 46.3 Å². The normalized spacial score (nSPS) is 14.1. The molecule has 0 saturated carbocycles. The minimum Gasteiger partial charge on any atom is -0.483 e. The van der Waals surface area contributed by atoms with Crippen LogP contribution in [0.5, 0.6) is 5.75 Å². The predicted octanol–water partition coefficient (Wildman–Crippen LogP) is 4.53. The van der Waals surface area contributed by atoms with Gasteiger partial charge in [-0.05, 0) is 56.5 Å². The van der Waals surface area contributed by atoms with Crippen molar-refractivity contribution in [3.8, 4) is 5.75 Å². The molecule has 2 atom stereocenters. The first-order valence-corrected chi connectivity index (χ1v) is 7.88. The Morgan fingerprint density at radius 1 is 1.15 bits per heavy atom. The first-order chi connectivity index (χ1) is 9.51. The first-order valence-electron chi connectivity index (χ1n) is 7.07. The zero-order chi connectivity index (χ0) is 14.7. The van der Waals surface area contributed by atoms with Gasteiger partial charge in [-0.1, -0.05) is 19.1 Å². The second-order valence-electron chi connectivity index (χ2n) is 5.33. The molecule has 0 saturated heterocycles. The number of rotatable bonds is 5. The van der Waals surface area contributed by atoms with Crippen LogP contribution in [0.3, 0.4) is 0 Å². The fourth-order valence-corrected chi connectivity index (χ4v) is 3.13. The van der Waals surface area contributed by atoms with Crippen LogP contribution in [0.2, 0.25) is 0 Å². The lowest BCUT2D eigenvalue weighted by Gasteiger charge is -2.24. The van der Waals surface area contributed by atoms with Gasteiger partial charge < -0.3 is 10.5 Å². The zero-order valence-corrected chi connectivity index (χ0v) is 13.5. The summed E-state index contributed by atoms with van der Waals surface area (Å²) in [5, 5.41) is 0. The highest BCUT2D eigenvalue weighted by molar-refractivity contribution is 7.12. The van der Waals surface area contributed by atoms with E-state index in [1.165, 1.54) is 15.3 Å². The lowest BCUT2D eigenvalue weighted by molar-refractivity contribution is 0.173. The molecule has 0 amide bonds. The number of benzene rings is 1. The quantitative estimate of drug-likeness (QED) is 0.877. The second-order valence-corrected chi connectivity index (χ2v) is 6.65. The van der Waals surface area contributed by atoms with E-state index in [1.54, 1.807) is 11.3 Å². The van der Waals surface area contributed by atoms with Crippen molar-refractivity contribution < 1.29 is 4.74 Å². The summed E-state index contributed by atoms with van der Waals surface area (Å²) in [6, 6.07) is 10.6. The third-order valence-electron chi connectivity index (χ3n) is 3.50. The molecular weight excluding hydrogens is 266 g/mol. The molecule has 0 aliphatic rings. The second kappa shape index (κ2) is 6.42. The number of hydrogen-bond acceptors (Lipinski definition) is 3. The van der Waals surface area contributed by atoms with E-state index in [4.69, 9.17) is 10.5 Å². The van der Waals surface area contributed by atoms with Gasteiger partial charge in [-0.3, -0.25) is 0 Å². The highest BCUT2D eigenvalue weighted by Crippen LogP contribution is 2.32. The van der Waals surface area contributed by atoms with Gasteiger partial charge in [-0.2, -0.15) is 0 Å². The van der Waals surface area contributed by atoms with E-state index in [-0.39, 0.29) is 12.1 Å². The Balaban J connectivity index is 2.30. The molecule has 0 fully saturated rings. The number of aryl methyl sites for hydroxylation is 3. The molecule has 2 nitrogen and oxygen atoms in total. The number of thiophene rings is 1. The van der Waals surface area contributed by atoms with Crippen LogP contribution in [0.15, 0.2) is 30.3 Å². The third kappa shape index (κ3) is 3.41. The van der Waals surface area contributed by atoms with Gasteiger partial charge in [-0.15, -0.1) is 11.3 Å². The zero-order valence-electron chi connectivity index (χ0n) is 12.6. The van der Waals surface area contributed by atoms with Gasteiger partial charge in [0.1, 0.15) is 11.9 Å². The van der Waals surface area contributed by atoms with E-state index in [9.17, 15) is 0 Å². The van der Waals surface area contributed by atoms with Crippen LogP contribution >= 0.6 is 11.3 Å². The van der Waals surface area contributed by atoms with Crippen LogP contribution in [0.4, 0.5) is 0 Å². The molecule has 3 heteroatoms. The molecule has 0 bridgehead atoms. The molecule has 2 unspecified atom stereocenters. The Hall–Kier alpha value is -1.32. The molecule has 1 aromatic carbocycles. The molecule has 0 spiro atoms. The summed E-state index contributed by atoms with van der Waals surface area (Å²) in [6.45, 7) is 8.37. The van der Waals surface area contributed by atoms with E-state index in [2.05, 4.69) is 58.0 Å². The Labute approximate surface area is 125 Å². The molecule has 0 aliphatic heterocycles. The van der Waals surface area contributed by atoms with Gasteiger partial charge in [0.25, 0.3) is 0 Å². The lowest BCUT2D eigenvalue weighted by atomic mass is 10.1. The molecule has 1 aromatic heterocycles. The molecule has 0 radical (unpaired) electrons. The largest absolute Gasteiger partial charge is 0.483 e. The molecule has 2 rings (SSSR count). The molecule has 1 heterocycles. The average molecular weight is 289 g/mol. The van der Waals surface area contributed by atoms with Crippen LogP contribution in [-0.2, 0) is 0 Å². The Morgan fingerprint density at radius 3 is 2.50 bits per heavy atom. The maximum atomic E-state index is 6.28. The molecule has 0 aliphatic carbocycles. The van der Waals surface area contributed by atoms with Gasteiger partial charge in [0.2, 0.25) is 0 Å². The summed E-state index contributed by atoms with van der Waals surface area (Å²) < 4.78 is 6.26. The first kappa shape index (κ1) is 15.1. The van der Waals surface area contributed by atoms with Crippen molar-refractivity contribution in [3.63, 3.8) is 0 Å². The van der Waals surface area contributed by atoms with Crippen LogP contribution < -0.4 is 10.5 Å². The number of hydrogen-bond donors (Lipinski definition) is 1. The number of ether oxygens (including phenoxy) is 1. The topological polar surface area (TPSA) is 35.2 Å². The van der Waals surface area contributed by atoms with Crippen LogP contribution in [-0.4, -0.2) is 6.04 Å². The molecule has 20 heavy (non-hydrogen) atoms. The van der Waals surface area contributed by atoms with Crippen LogP contribution in [0.25, 0.3) is 0 Å². The van der Waals surface area contributed by atoms with E-state index < -0.39 is 0 Å². The third-order valence-corrected chi connectivity index (χ3v) is 4.56. The molecular formula is C17H23NOS. The van der Waals surface area contributed by atoms with Crippen molar-refractivity contribution in [1.29, 1.82) is 0 Å². The standard InChI is InChI=1S/C17H23NOS/c1-5-14(18)17(16-9-8-13(4)20-16)19-15-10-11(2)6-7-12(15)3/h6-10,14,17H,5,18H2,1-4H3. The Bertz CT molecular complexity index is 576. The van der Waals surface area contributed by atoms with Gasteiger partial charge in [0.15, 0.2) is 0 Å². The van der Waals surface area contributed by atoms with Crippen molar-refractivity contribution in [3.05, 3.63) is 51.2 Å². The van der Waals surface area contributed by atoms with Gasteiger partial charge in [-0.25, -0.2) is 0 Å². The van der Waals surface area contributed by atoms with E-state index >= 15 is 0 Å². The van der Waals surface area contributed by atoms with Crippen LogP contribution in [0, 0.1) is 20.8 Å². The molecule has 2 aromatic rings. The van der Waals surface area contributed by atoms with Crippen molar-refractivity contribution in [2.75, 3.05) is 0 Å². The number of nitrogens with two attached hydrogens (primary N) is 1. The molecule has 2 N–H and O–H groups in total. The fourth-order valence-electron chi connectivity index (χ4n) is 2.15. The van der Waals surface area contributed by atoms with Gasteiger partial charge >= 0.3 is 0 Å². The summed E-state index contributed by atoms with van der Waals surface area (Å²) in [5.74, 6) is 0.935. The Kier molecular flexibility index (Phi) is 4.84.